The van der Waals surface area contributed by atoms with E-state index in [0.717, 1.165) is 49.3 Å². The lowest BCUT2D eigenvalue weighted by molar-refractivity contribution is 0.586. The molecule has 0 fully saturated rings. The summed E-state index contributed by atoms with van der Waals surface area (Å²) < 4.78 is 17.0. The number of benzene rings is 5. The summed E-state index contributed by atoms with van der Waals surface area (Å²) in [6.07, 6.45) is 0. The summed E-state index contributed by atoms with van der Waals surface area (Å²) >= 11 is 0. The predicted octanol–water partition coefficient (Wildman–Crippen LogP) is 6.85. The third-order valence-electron chi connectivity index (χ3n) is 6.49. The lowest BCUT2D eigenvalue weighted by Crippen LogP contribution is -2.34. The summed E-state index contributed by atoms with van der Waals surface area (Å²) in [7, 11) is -1.09. The van der Waals surface area contributed by atoms with E-state index in [1.54, 1.807) is 0 Å². The van der Waals surface area contributed by atoms with Crippen LogP contribution in [-0.2, 0) is 4.57 Å². The molecule has 0 N–H and O–H groups in total. The molecule has 0 saturated carbocycles. The highest BCUT2D eigenvalue weighted by Gasteiger charge is 2.40. The zero-order chi connectivity index (χ0) is 21.7. The molecular formula is C29H22NOP. The topological polar surface area (TPSA) is 20.3 Å². The van der Waals surface area contributed by atoms with Crippen molar-refractivity contribution in [3.63, 3.8) is 0 Å². The number of hydrogen-bond acceptors (Lipinski definition) is 1. The third kappa shape index (κ3) is 2.70. The first-order valence-corrected chi connectivity index (χ1v) is 12.5. The Bertz CT molecular complexity index is 1510. The van der Waals surface area contributed by atoms with E-state index in [2.05, 4.69) is 78.9 Å². The Morgan fingerprint density at radius 1 is 0.656 bits per heavy atom. The zero-order valence-corrected chi connectivity index (χ0v) is 18.7. The minimum atomic E-state index is -3.06. The molecule has 6 rings (SSSR count). The van der Waals surface area contributed by atoms with Crippen LogP contribution in [0.5, 0.6) is 0 Å². The maximum absolute atomic E-state index is 15.0. The van der Waals surface area contributed by atoms with Crippen molar-refractivity contribution in [2.45, 2.75) is 0 Å². The van der Waals surface area contributed by atoms with Gasteiger partial charge in [0.2, 0.25) is 7.29 Å². The molecule has 1 unspecified atom stereocenters. The van der Waals surface area contributed by atoms with Gasteiger partial charge in [-0.05, 0) is 46.2 Å². The summed E-state index contributed by atoms with van der Waals surface area (Å²) in [5.74, 6) is 0. The highest BCUT2D eigenvalue weighted by molar-refractivity contribution is 7.80. The highest BCUT2D eigenvalue weighted by Crippen LogP contribution is 2.58. The summed E-state index contributed by atoms with van der Waals surface area (Å²) in [5.41, 5.74) is 5.49. The molecule has 1 heterocycles. The summed E-state index contributed by atoms with van der Waals surface area (Å²) in [5, 5.41) is 4.07. The van der Waals surface area contributed by atoms with Crippen LogP contribution in [0.2, 0.25) is 0 Å². The molecule has 3 heteroatoms. The highest BCUT2D eigenvalue weighted by atomic mass is 31.2. The van der Waals surface area contributed by atoms with Gasteiger partial charge in [-0.3, -0.25) is 4.57 Å². The average Bonchev–Trinajstić information content (AvgIpc) is 2.87. The normalized spacial score (nSPS) is 17.1. The fourth-order valence-electron chi connectivity index (χ4n) is 4.87. The van der Waals surface area contributed by atoms with E-state index >= 15 is 0 Å². The van der Waals surface area contributed by atoms with Crippen LogP contribution in [0.15, 0.2) is 115 Å². The molecule has 0 saturated heterocycles. The van der Waals surface area contributed by atoms with Crippen molar-refractivity contribution in [2.75, 3.05) is 11.7 Å². The molecule has 5 aromatic carbocycles. The number of anilines is 1. The molecule has 0 amide bonds. The van der Waals surface area contributed by atoms with E-state index in [9.17, 15) is 4.57 Å². The van der Waals surface area contributed by atoms with Gasteiger partial charge in [0, 0.05) is 28.8 Å². The summed E-state index contributed by atoms with van der Waals surface area (Å²) in [6.45, 7) is 0. The molecule has 1 aliphatic rings. The average molecular weight is 431 g/mol. The predicted molar refractivity (Wildman–Crippen MR) is 137 cm³/mol. The van der Waals surface area contributed by atoms with Crippen molar-refractivity contribution >= 4 is 34.4 Å². The van der Waals surface area contributed by atoms with Crippen LogP contribution in [0.1, 0.15) is 0 Å². The smallest absolute Gasteiger partial charge is 0.230 e. The van der Waals surface area contributed by atoms with Crippen LogP contribution in [0.25, 0.3) is 33.0 Å². The molecule has 0 spiro atoms. The van der Waals surface area contributed by atoms with E-state index in [1.165, 1.54) is 0 Å². The van der Waals surface area contributed by atoms with Crippen molar-refractivity contribution in [2.24, 2.45) is 0 Å². The van der Waals surface area contributed by atoms with Crippen LogP contribution in [0, 0.1) is 0 Å². The Kier molecular flexibility index (Phi) is 4.31. The van der Waals surface area contributed by atoms with Crippen molar-refractivity contribution < 1.29 is 4.57 Å². The van der Waals surface area contributed by atoms with Crippen molar-refractivity contribution in [1.82, 2.24) is 0 Å². The molecule has 0 radical (unpaired) electrons. The Morgan fingerprint density at radius 3 is 2.12 bits per heavy atom. The summed E-state index contributed by atoms with van der Waals surface area (Å²) in [4.78, 5) is 0. The van der Waals surface area contributed by atoms with Gasteiger partial charge < -0.3 is 4.67 Å². The first-order chi connectivity index (χ1) is 15.7. The molecule has 0 bridgehead atoms. The molecule has 32 heavy (non-hydrogen) atoms. The van der Waals surface area contributed by atoms with Gasteiger partial charge in [-0.2, -0.15) is 0 Å². The van der Waals surface area contributed by atoms with Gasteiger partial charge in [0.05, 0.1) is 5.69 Å². The van der Waals surface area contributed by atoms with Gasteiger partial charge in [-0.25, -0.2) is 0 Å². The van der Waals surface area contributed by atoms with Gasteiger partial charge in [-0.1, -0.05) is 91.0 Å². The lowest BCUT2D eigenvalue weighted by Gasteiger charge is -2.38. The molecule has 1 atom stereocenters. The quantitative estimate of drug-likeness (QED) is 0.285. The molecule has 0 aliphatic carbocycles. The Morgan fingerprint density at radius 2 is 1.34 bits per heavy atom. The van der Waals surface area contributed by atoms with Crippen molar-refractivity contribution in [3.05, 3.63) is 115 Å². The first-order valence-electron chi connectivity index (χ1n) is 10.8. The first kappa shape index (κ1) is 19.1. The van der Waals surface area contributed by atoms with Gasteiger partial charge in [0.15, 0.2) is 0 Å². The number of fused-ring (bicyclic) bond motifs is 5. The summed E-state index contributed by atoms with van der Waals surface area (Å²) in [6, 6.07) is 39.4. The maximum Gasteiger partial charge on any atom is 0.230 e. The second-order valence-corrected chi connectivity index (χ2v) is 11.0. The van der Waals surface area contributed by atoms with Gasteiger partial charge in [-0.15, -0.1) is 0 Å². The molecule has 0 aromatic heterocycles. The van der Waals surface area contributed by atoms with Gasteiger partial charge in [0.25, 0.3) is 0 Å². The standard InChI is InChI=1S/C29H22NOP/c1-30-27-20-23(21-10-4-2-5-11-21)16-18-26(27)29-25-15-9-8-12-22(25)17-19-28(29)32(30,31)24-13-6-3-7-14-24/h2-20H,1H3. The second-order valence-electron chi connectivity index (χ2n) is 8.21. The van der Waals surface area contributed by atoms with Gasteiger partial charge in [0.1, 0.15) is 0 Å². The Balaban J connectivity index is 1.71. The molecule has 5 aromatic rings. The number of nitrogens with zero attached hydrogens (tertiary/aromatic N) is 1. The minimum absolute atomic E-state index is 0.856. The van der Waals surface area contributed by atoms with E-state index in [4.69, 9.17) is 0 Å². The SMILES string of the molecule is CN1c2cc(-c3ccccc3)ccc2-c2c(ccc3ccccc23)P1(=O)c1ccccc1. The third-order valence-corrected chi connectivity index (χ3v) is 9.57. The fraction of sp³-hybridized carbons (Fsp3) is 0.0345. The van der Waals surface area contributed by atoms with Crippen molar-refractivity contribution in [1.29, 1.82) is 0 Å². The molecule has 154 valence electrons. The number of rotatable bonds is 2. The van der Waals surface area contributed by atoms with Crippen molar-refractivity contribution in [3.8, 4) is 22.3 Å². The lowest BCUT2D eigenvalue weighted by atomic mass is 9.94. The van der Waals surface area contributed by atoms with E-state index in [-0.39, 0.29) is 0 Å². The van der Waals surface area contributed by atoms with Crippen LogP contribution in [0.4, 0.5) is 5.69 Å². The van der Waals surface area contributed by atoms with E-state index in [0.29, 0.717) is 0 Å². The van der Waals surface area contributed by atoms with Crippen LogP contribution < -0.4 is 15.3 Å². The van der Waals surface area contributed by atoms with Crippen LogP contribution >= 0.6 is 7.29 Å². The molecule has 1 aliphatic heterocycles. The largest absolute Gasteiger partial charge is 0.318 e. The molecular weight excluding hydrogens is 409 g/mol. The van der Waals surface area contributed by atoms with Crippen LogP contribution in [0.3, 0.4) is 0 Å². The van der Waals surface area contributed by atoms with Gasteiger partial charge >= 0.3 is 0 Å². The number of hydrogen-bond donors (Lipinski definition) is 0. The zero-order valence-electron chi connectivity index (χ0n) is 17.8. The Hall–Kier alpha value is -3.61. The maximum atomic E-state index is 15.0. The minimum Gasteiger partial charge on any atom is -0.318 e. The fourth-order valence-corrected chi connectivity index (χ4v) is 7.69. The molecule has 2 nitrogen and oxygen atoms in total. The van der Waals surface area contributed by atoms with E-state index in [1.807, 2.05) is 48.1 Å². The van der Waals surface area contributed by atoms with E-state index < -0.39 is 7.29 Å². The monoisotopic (exact) mass is 431 g/mol. The second kappa shape index (κ2) is 7.22. The Labute approximate surface area is 188 Å². The van der Waals surface area contributed by atoms with Crippen LogP contribution in [-0.4, -0.2) is 7.05 Å².